The van der Waals surface area contributed by atoms with Gasteiger partial charge in [-0.1, -0.05) is 11.6 Å². The summed E-state index contributed by atoms with van der Waals surface area (Å²) in [5.41, 5.74) is 1.11. The molecule has 1 saturated carbocycles. The second kappa shape index (κ2) is 7.42. The van der Waals surface area contributed by atoms with Crippen molar-refractivity contribution in [2.75, 3.05) is 13.7 Å². The van der Waals surface area contributed by atoms with E-state index in [1.807, 2.05) is 12.1 Å². The Labute approximate surface area is 125 Å². The lowest BCUT2D eigenvalue weighted by atomic mass is 10.2. The fourth-order valence-corrected chi connectivity index (χ4v) is 2.20. The minimum atomic E-state index is 0.542. The van der Waals surface area contributed by atoms with Gasteiger partial charge in [-0.15, -0.1) is 12.3 Å². The van der Waals surface area contributed by atoms with Crippen LogP contribution >= 0.6 is 11.6 Å². The zero-order chi connectivity index (χ0) is 14.4. The molecule has 20 heavy (non-hydrogen) atoms. The van der Waals surface area contributed by atoms with Crippen LogP contribution in [-0.2, 0) is 6.54 Å². The van der Waals surface area contributed by atoms with Gasteiger partial charge < -0.3 is 14.8 Å². The van der Waals surface area contributed by atoms with Gasteiger partial charge in [0.2, 0.25) is 0 Å². The molecule has 0 saturated heterocycles. The highest BCUT2D eigenvalue weighted by molar-refractivity contribution is 6.32. The molecule has 4 heteroatoms. The zero-order valence-electron chi connectivity index (χ0n) is 11.7. The Morgan fingerprint density at radius 1 is 1.45 bits per heavy atom. The summed E-state index contributed by atoms with van der Waals surface area (Å²) in [4.78, 5) is 0. The maximum Gasteiger partial charge on any atom is 0.179 e. The van der Waals surface area contributed by atoms with Gasteiger partial charge in [-0.05, 0) is 37.0 Å². The Bertz CT molecular complexity index is 492. The van der Waals surface area contributed by atoms with Crippen LogP contribution in [0.3, 0.4) is 0 Å². The van der Waals surface area contributed by atoms with E-state index in [1.54, 1.807) is 7.11 Å². The first-order valence-corrected chi connectivity index (χ1v) is 7.28. The van der Waals surface area contributed by atoms with Crippen molar-refractivity contribution in [3.05, 3.63) is 22.7 Å². The lowest BCUT2D eigenvalue weighted by Gasteiger charge is -2.14. The first-order valence-electron chi connectivity index (χ1n) is 6.90. The molecule has 1 fully saturated rings. The van der Waals surface area contributed by atoms with Gasteiger partial charge in [0.1, 0.15) is 0 Å². The number of halogens is 1. The summed E-state index contributed by atoms with van der Waals surface area (Å²) in [6.07, 6.45) is 9.25. The third-order valence-electron chi connectivity index (χ3n) is 3.17. The van der Waals surface area contributed by atoms with E-state index in [-0.39, 0.29) is 0 Å². The van der Waals surface area contributed by atoms with Crippen molar-refractivity contribution < 1.29 is 9.47 Å². The normalized spacial score (nSPS) is 13.8. The van der Waals surface area contributed by atoms with E-state index in [0.717, 1.165) is 18.5 Å². The molecule has 0 bridgehead atoms. The van der Waals surface area contributed by atoms with E-state index in [2.05, 4.69) is 11.2 Å². The van der Waals surface area contributed by atoms with Gasteiger partial charge in [-0.2, -0.15) is 0 Å². The summed E-state index contributed by atoms with van der Waals surface area (Å²) in [6, 6.07) is 4.56. The molecule has 0 unspecified atom stereocenters. The first-order chi connectivity index (χ1) is 9.74. The number of ether oxygens (including phenoxy) is 2. The van der Waals surface area contributed by atoms with Crippen molar-refractivity contribution in [2.45, 2.75) is 38.3 Å². The number of terminal acetylenes is 1. The second-order valence-electron chi connectivity index (χ2n) is 4.92. The predicted octanol–water partition coefficient (Wildman–Crippen LogP) is 3.39. The number of hydrogen-bond donors (Lipinski definition) is 1. The zero-order valence-corrected chi connectivity index (χ0v) is 12.5. The van der Waals surface area contributed by atoms with E-state index in [4.69, 9.17) is 27.5 Å². The van der Waals surface area contributed by atoms with Crippen molar-refractivity contribution in [1.29, 1.82) is 0 Å². The molecule has 0 atom stereocenters. The molecule has 0 spiro atoms. The molecule has 2 rings (SSSR count). The van der Waals surface area contributed by atoms with Crippen LogP contribution in [-0.4, -0.2) is 19.8 Å². The molecule has 0 aliphatic heterocycles. The standard InChI is InChI=1S/C16H20ClNO2/c1-3-4-5-8-20-16-14(17)9-12(10-15(16)19-2)11-18-13-6-7-13/h1,9-10,13,18H,4-8,11H2,2H3. The van der Waals surface area contributed by atoms with Crippen molar-refractivity contribution in [3.63, 3.8) is 0 Å². The molecule has 1 aliphatic rings. The van der Waals surface area contributed by atoms with Crippen LogP contribution in [0.25, 0.3) is 0 Å². The van der Waals surface area contributed by atoms with Crippen LogP contribution in [0.1, 0.15) is 31.2 Å². The Balaban J connectivity index is 2.00. The number of rotatable bonds is 8. The SMILES string of the molecule is C#CCCCOc1c(Cl)cc(CNC2CC2)cc1OC. The highest BCUT2D eigenvalue weighted by atomic mass is 35.5. The lowest BCUT2D eigenvalue weighted by molar-refractivity contribution is 0.291. The van der Waals surface area contributed by atoms with Crippen LogP contribution in [0.5, 0.6) is 11.5 Å². The van der Waals surface area contributed by atoms with Crippen molar-refractivity contribution in [3.8, 4) is 23.8 Å². The highest BCUT2D eigenvalue weighted by Crippen LogP contribution is 2.36. The van der Waals surface area contributed by atoms with E-state index < -0.39 is 0 Å². The lowest BCUT2D eigenvalue weighted by Crippen LogP contribution is -2.15. The van der Waals surface area contributed by atoms with Crippen LogP contribution in [0.2, 0.25) is 5.02 Å². The summed E-state index contributed by atoms with van der Waals surface area (Å²) in [7, 11) is 1.62. The highest BCUT2D eigenvalue weighted by Gasteiger charge is 2.20. The Morgan fingerprint density at radius 3 is 2.90 bits per heavy atom. The molecule has 0 aromatic heterocycles. The van der Waals surface area contributed by atoms with Crippen LogP contribution in [0.4, 0.5) is 0 Å². The van der Waals surface area contributed by atoms with Gasteiger partial charge in [-0.3, -0.25) is 0 Å². The molecular formula is C16H20ClNO2. The molecular weight excluding hydrogens is 274 g/mol. The average molecular weight is 294 g/mol. The van der Waals surface area contributed by atoms with Gasteiger partial charge in [0.15, 0.2) is 11.5 Å². The third kappa shape index (κ3) is 4.33. The number of benzene rings is 1. The summed E-state index contributed by atoms with van der Waals surface area (Å²) >= 11 is 6.28. The second-order valence-corrected chi connectivity index (χ2v) is 5.33. The molecule has 0 radical (unpaired) electrons. The fourth-order valence-electron chi connectivity index (χ4n) is 1.91. The van der Waals surface area contributed by atoms with Crippen molar-refractivity contribution in [1.82, 2.24) is 5.32 Å². The van der Waals surface area contributed by atoms with Crippen LogP contribution in [0.15, 0.2) is 12.1 Å². The molecule has 1 aromatic rings. The number of methoxy groups -OCH3 is 1. The Kier molecular flexibility index (Phi) is 5.58. The van der Waals surface area contributed by atoms with Gasteiger partial charge in [0.25, 0.3) is 0 Å². The maximum absolute atomic E-state index is 6.28. The minimum Gasteiger partial charge on any atom is -0.493 e. The molecule has 108 valence electrons. The molecule has 0 heterocycles. The minimum absolute atomic E-state index is 0.542. The Hall–Kier alpha value is -1.37. The van der Waals surface area contributed by atoms with Crippen LogP contribution in [0, 0.1) is 12.3 Å². The van der Waals surface area contributed by atoms with E-state index in [9.17, 15) is 0 Å². The third-order valence-corrected chi connectivity index (χ3v) is 3.45. The fraction of sp³-hybridized carbons (Fsp3) is 0.500. The molecule has 3 nitrogen and oxygen atoms in total. The molecule has 1 aliphatic carbocycles. The van der Waals surface area contributed by atoms with Gasteiger partial charge in [0, 0.05) is 19.0 Å². The van der Waals surface area contributed by atoms with Gasteiger partial charge in [-0.25, -0.2) is 0 Å². The van der Waals surface area contributed by atoms with Crippen LogP contribution < -0.4 is 14.8 Å². The smallest absolute Gasteiger partial charge is 0.179 e. The van der Waals surface area contributed by atoms with Crippen molar-refractivity contribution >= 4 is 11.6 Å². The van der Waals surface area contributed by atoms with E-state index >= 15 is 0 Å². The maximum atomic E-state index is 6.28. The summed E-state index contributed by atoms with van der Waals surface area (Å²) < 4.78 is 11.0. The van der Waals surface area contributed by atoms with Crippen molar-refractivity contribution in [2.24, 2.45) is 0 Å². The first kappa shape index (κ1) is 15.0. The average Bonchev–Trinajstić information content (AvgIpc) is 3.26. The quantitative estimate of drug-likeness (QED) is 0.589. The van der Waals surface area contributed by atoms with E-state index in [1.165, 1.54) is 12.8 Å². The summed E-state index contributed by atoms with van der Waals surface area (Å²) in [6.45, 7) is 1.35. The summed E-state index contributed by atoms with van der Waals surface area (Å²) in [5, 5.41) is 4.03. The Morgan fingerprint density at radius 2 is 2.25 bits per heavy atom. The van der Waals surface area contributed by atoms with Gasteiger partial charge >= 0.3 is 0 Å². The summed E-state index contributed by atoms with van der Waals surface area (Å²) in [5.74, 6) is 3.86. The number of nitrogens with one attached hydrogen (secondary N) is 1. The molecule has 0 amide bonds. The topological polar surface area (TPSA) is 30.5 Å². The largest absolute Gasteiger partial charge is 0.493 e. The monoisotopic (exact) mass is 293 g/mol. The number of hydrogen-bond acceptors (Lipinski definition) is 3. The molecule has 1 aromatic carbocycles. The molecule has 1 N–H and O–H groups in total. The number of unbranched alkanes of at least 4 members (excludes halogenated alkanes) is 1. The van der Waals surface area contributed by atoms with E-state index in [0.29, 0.717) is 35.6 Å². The van der Waals surface area contributed by atoms with Gasteiger partial charge in [0.05, 0.1) is 18.7 Å². The predicted molar refractivity (Wildman–Crippen MR) is 81.4 cm³/mol.